The van der Waals surface area contributed by atoms with E-state index in [1.54, 1.807) is 24.5 Å². The van der Waals surface area contributed by atoms with Gasteiger partial charge in [-0.25, -0.2) is 8.42 Å². The second kappa shape index (κ2) is 7.44. The van der Waals surface area contributed by atoms with E-state index in [4.69, 9.17) is 0 Å². The number of carbonyl (C=O) groups is 1. The van der Waals surface area contributed by atoms with Gasteiger partial charge in [-0.05, 0) is 60.9 Å². The Hall–Kier alpha value is -3.19. The largest absolute Gasteiger partial charge is 0.322 e. The first-order chi connectivity index (χ1) is 13.6. The number of para-hydroxylation sites is 1. The van der Waals surface area contributed by atoms with Crippen LogP contribution in [0.4, 0.5) is 11.4 Å². The van der Waals surface area contributed by atoms with Crippen LogP contribution in [-0.4, -0.2) is 25.9 Å². The van der Waals surface area contributed by atoms with Gasteiger partial charge >= 0.3 is 0 Å². The van der Waals surface area contributed by atoms with Crippen LogP contribution < -0.4 is 9.62 Å². The molecule has 28 heavy (non-hydrogen) atoms. The Labute approximate surface area is 163 Å². The monoisotopic (exact) mass is 393 g/mol. The number of benzene rings is 2. The van der Waals surface area contributed by atoms with Crippen molar-refractivity contribution in [2.24, 2.45) is 0 Å². The number of nitrogens with one attached hydrogen (secondary N) is 1. The number of aryl methyl sites for hydroxylation is 1. The molecule has 7 heteroatoms. The van der Waals surface area contributed by atoms with Gasteiger partial charge in [0.2, 0.25) is 0 Å². The Morgan fingerprint density at radius 2 is 1.68 bits per heavy atom. The minimum Gasteiger partial charge on any atom is -0.322 e. The lowest BCUT2D eigenvalue weighted by molar-refractivity contribution is 0.102. The van der Waals surface area contributed by atoms with E-state index in [-0.39, 0.29) is 10.8 Å². The Balaban J connectivity index is 1.58. The maximum Gasteiger partial charge on any atom is 0.264 e. The molecule has 0 unspecified atom stereocenters. The van der Waals surface area contributed by atoms with Gasteiger partial charge in [-0.2, -0.15) is 0 Å². The number of carbonyl (C=O) groups excluding carboxylic acids is 1. The molecule has 1 N–H and O–H groups in total. The fourth-order valence-electron chi connectivity index (χ4n) is 3.29. The van der Waals surface area contributed by atoms with Crippen molar-refractivity contribution in [2.75, 3.05) is 16.2 Å². The van der Waals surface area contributed by atoms with Crippen LogP contribution in [0.2, 0.25) is 0 Å². The summed E-state index contributed by atoms with van der Waals surface area (Å²) in [6, 6.07) is 17.0. The molecule has 0 fully saturated rings. The Kier molecular flexibility index (Phi) is 4.83. The van der Waals surface area contributed by atoms with Gasteiger partial charge in [-0.3, -0.25) is 14.1 Å². The van der Waals surface area contributed by atoms with Gasteiger partial charge in [-0.15, -0.1) is 0 Å². The molecule has 0 bridgehead atoms. The molecule has 4 rings (SSSR count). The molecule has 0 saturated carbocycles. The maximum atomic E-state index is 13.1. The SMILES string of the molecule is O=C(Nc1ccncc1)c1ccc(S(=O)(=O)N2CCCc3ccccc32)cc1. The summed E-state index contributed by atoms with van der Waals surface area (Å²) in [4.78, 5) is 16.4. The lowest BCUT2D eigenvalue weighted by atomic mass is 10.0. The van der Waals surface area contributed by atoms with E-state index >= 15 is 0 Å². The van der Waals surface area contributed by atoms with Crippen LogP contribution in [0.3, 0.4) is 0 Å². The summed E-state index contributed by atoms with van der Waals surface area (Å²) >= 11 is 0. The molecule has 1 amide bonds. The molecule has 0 saturated heterocycles. The lowest BCUT2D eigenvalue weighted by Gasteiger charge is -2.30. The van der Waals surface area contributed by atoms with E-state index in [1.807, 2.05) is 24.3 Å². The minimum atomic E-state index is -3.68. The zero-order valence-electron chi connectivity index (χ0n) is 15.1. The molecule has 142 valence electrons. The topological polar surface area (TPSA) is 79.4 Å². The van der Waals surface area contributed by atoms with E-state index < -0.39 is 10.0 Å². The Morgan fingerprint density at radius 1 is 0.964 bits per heavy atom. The van der Waals surface area contributed by atoms with Gasteiger partial charge in [-0.1, -0.05) is 18.2 Å². The van der Waals surface area contributed by atoms with Crippen LogP contribution >= 0.6 is 0 Å². The molecule has 0 spiro atoms. The van der Waals surface area contributed by atoms with E-state index in [9.17, 15) is 13.2 Å². The van der Waals surface area contributed by atoms with Crippen LogP contribution in [0.25, 0.3) is 0 Å². The average Bonchev–Trinajstić information content (AvgIpc) is 2.74. The van der Waals surface area contributed by atoms with Gasteiger partial charge in [0.15, 0.2) is 0 Å². The van der Waals surface area contributed by atoms with Crippen molar-refractivity contribution in [3.05, 3.63) is 84.2 Å². The average molecular weight is 393 g/mol. The second-order valence-corrected chi connectivity index (χ2v) is 8.39. The number of hydrogen-bond acceptors (Lipinski definition) is 4. The molecular formula is C21H19N3O3S. The van der Waals surface area contributed by atoms with Crippen molar-refractivity contribution in [2.45, 2.75) is 17.7 Å². The number of aromatic nitrogens is 1. The van der Waals surface area contributed by atoms with Crippen LogP contribution in [0.15, 0.2) is 78.0 Å². The quantitative estimate of drug-likeness (QED) is 0.736. The highest BCUT2D eigenvalue weighted by Crippen LogP contribution is 2.31. The third kappa shape index (κ3) is 3.48. The van der Waals surface area contributed by atoms with Crippen molar-refractivity contribution in [3.8, 4) is 0 Å². The Morgan fingerprint density at radius 3 is 2.43 bits per heavy atom. The number of nitrogens with zero attached hydrogens (tertiary/aromatic N) is 2. The molecule has 2 heterocycles. The number of anilines is 2. The van der Waals surface area contributed by atoms with Gasteiger partial charge < -0.3 is 5.32 Å². The predicted molar refractivity (Wildman–Crippen MR) is 108 cm³/mol. The van der Waals surface area contributed by atoms with Crippen LogP contribution in [0, 0.1) is 0 Å². The zero-order chi connectivity index (χ0) is 19.6. The number of pyridine rings is 1. The molecule has 6 nitrogen and oxygen atoms in total. The van der Waals surface area contributed by atoms with Crippen molar-refractivity contribution >= 4 is 27.3 Å². The van der Waals surface area contributed by atoms with Gasteiger partial charge in [0, 0.05) is 30.2 Å². The maximum absolute atomic E-state index is 13.1. The fourth-order valence-corrected chi connectivity index (χ4v) is 4.83. The summed E-state index contributed by atoms with van der Waals surface area (Å²) in [5.74, 6) is -0.307. The van der Waals surface area contributed by atoms with E-state index in [1.165, 1.54) is 28.6 Å². The first-order valence-electron chi connectivity index (χ1n) is 8.98. The fraction of sp³-hybridized carbons (Fsp3) is 0.143. The molecule has 0 atom stereocenters. The standard InChI is InChI=1S/C21H19N3O3S/c25-21(23-18-11-13-22-14-12-18)17-7-9-19(10-8-17)28(26,27)24-15-3-5-16-4-1-2-6-20(16)24/h1-2,4,6-14H,3,5,15H2,(H,22,23,25). The number of rotatable bonds is 4. The summed E-state index contributed by atoms with van der Waals surface area (Å²) in [5, 5.41) is 2.75. The highest BCUT2D eigenvalue weighted by atomic mass is 32.2. The number of fused-ring (bicyclic) bond motifs is 1. The Bertz CT molecular complexity index is 1100. The molecule has 3 aromatic rings. The summed E-state index contributed by atoms with van der Waals surface area (Å²) in [5.41, 5.74) is 2.77. The summed E-state index contributed by atoms with van der Waals surface area (Å²) < 4.78 is 27.7. The third-order valence-corrected chi connectivity index (χ3v) is 6.54. The molecule has 1 aliphatic rings. The summed E-state index contributed by atoms with van der Waals surface area (Å²) in [6.07, 6.45) is 4.82. The molecule has 1 aliphatic heterocycles. The van der Waals surface area contributed by atoms with Crippen molar-refractivity contribution < 1.29 is 13.2 Å². The van der Waals surface area contributed by atoms with Crippen molar-refractivity contribution in [3.63, 3.8) is 0 Å². The lowest BCUT2D eigenvalue weighted by Crippen LogP contribution is -2.35. The molecular weight excluding hydrogens is 374 g/mol. The van der Waals surface area contributed by atoms with E-state index in [0.717, 1.165) is 24.1 Å². The predicted octanol–water partition coefficient (Wildman–Crippen LogP) is 3.48. The number of amides is 1. The number of hydrogen-bond donors (Lipinski definition) is 1. The van der Waals surface area contributed by atoms with E-state index in [0.29, 0.717) is 17.8 Å². The molecule has 2 aromatic carbocycles. The minimum absolute atomic E-state index is 0.171. The van der Waals surface area contributed by atoms with Gasteiger partial charge in [0.25, 0.3) is 15.9 Å². The van der Waals surface area contributed by atoms with Gasteiger partial charge in [0.1, 0.15) is 0 Å². The summed E-state index contributed by atoms with van der Waals surface area (Å²) in [7, 11) is -3.68. The zero-order valence-corrected chi connectivity index (χ0v) is 15.9. The molecule has 0 radical (unpaired) electrons. The smallest absolute Gasteiger partial charge is 0.264 e. The van der Waals surface area contributed by atoms with Crippen molar-refractivity contribution in [1.29, 1.82) is 0 Å². The molecule has 1 aromatic heterocycles. The highest BCUT2D eigenvalue weighted by molar-refractivity contribution is 7.92. The van der Waals surface area contributed by atoms with E-state index in [2.05, 4.69) is 10.3 Å². The van der Waals surface area contributed by atoms with Crippen LogP contribution in [0.5, 0.6) is 0 Å². The summed E-state index contributed by atoms with van der Waals surface area (Å²) in [6.45, 7) is 0.448. The van der Waals surface area contributed by atoms with Crippen LogP contribution in [0.1, 0.15) is 22.3 Å². The first kappa shape index (κ1) is 18.2. The highest BCUT2D eigenvalue weighted by Gasteiger charge is 2.28. The normalized spacial score (nSPS) is 13.6. The third-order valence-electron chi connectivity index (χ3n) is 4.71. The second-order valence-electron chi connectivity index (χ2n) is 6.52. The van der Waals surface area contributed by atoms with Crippen LogP contribution in [-0.2, 0) is 16.4 Å². The van der Waals surface area contributed by atoms with Crippen molar-refractivity contribution in [1.82, 2.24) is 4.98 Å². The van der Waals surface area contributed by atoms with Gasteiger partial charge in [0.05, 0.1) is 10.6 Å². The first-order valence-corrected chi connectivity index (χ1v) is 10.4. The molecule has 0 aliphatic carbocycles. The number of sulfonamides is 1.